The van der Waals surface area contributed by atoms with Crippen LogP contribution in [0.5, 0.6) is 0 Å². The maximum Gasteiger partial charge on any atom is 0.200 e. The van der Waals surface area contributed by atoms with E-state index in [-0.39, 0.29) is 0 Å². The van der Waals surface area contributed by atoms with Gasteiger partial charge in [0.15, 0.2) is 11.6 Å². The third-order valence-electron chi connectivity index (χ3n) is 2.83. The smallest absolute Gasteiger partial charge is 0.200 e. The first-order valence-corrected chi connectivity index (χ1v) is 7.55. The molecule has 0 aliphatic heterocycles. The first-order chi connectivity index (χ1) is 9.90. The van der Waals surface area contributed by atoms with Crippen LogP contribution in [-0.4, -0.2) is 27.0 Å². The van der Waals surface area contributed by atoms with E-state index in [1.807, 2.05) is 14.0 Å². The number of nitrogen functional groups attached to an aromatic ring is 1. The maximum atomic E-state index is 5.78. The molecule has 0 unspecified atom stereocenters. The first-order valence-electron chi connectivity index (χ1n) is 6.76. The Kier molecular flexibility index (Phi) is 4.72. The molecule has 0 amide bonds. The molecule has 2 heterocycles. The van der Waals surface area contributed by atoms with E-state index in [0.717, 1.165) is 28.1 Å². The molecular weight excluding hydrogens is 332 g/mol. The van der Waals surface area contributed by atoms with Crippen molar-refractivity contribution in [3.8, 4) is 11.6 Å². The van der Waals surface area contributed by atoms with Crippen LogP contribution in [0.3, 0.4) is 0 Å². The average Bonchev–Trinajstić information content (AvgIpc) is 2.39. The minimum Gasteiger partial charge on any atom is -0.384 e. The van der Waals surface area contributed by atoms with Crippen molar-refractivity contribution in [2.45, 2.75) is 27.2 Å². The van der Waals surface area contributed by atoms with Gasteiger partial charge < -0.3 is 11.1 Å². The summed E-state index contributed by atoms with van der Waals surface area (Å²) in [5.74, 6) is 2.55. The van der Waals surface area contributed by atoms with E-state index in [2.05, 4.69) is 55.0 Å². The molecule has 7 heteroatoms. The van der Waals surface area contributed by atoms with Crippen LogP contribution < -0.4 is 11.1 Å². The SMILES string of the molecule is CNc1nc(-c2nc(C)cc(N)n2)nc(CC(C)C)c1Br. The van der Waals surface area contributed by atoms with Crippen LogP contribution >= 0.6 is 15.9 Å². The number of nitrogens with two attached hydrogens (primary N) is 1. The van der Waals surface area contributed by atoms with Crippen LogP contribution in [0, 0.1) is 12.8 Å². The van der Waals surface area contributed by atoms with E-state index in [1.54, 1.807) is 6.07 Å². The number of aryl methyl sites for hydroxylation is 1. The van der Waals surface area contributed by atoms with Gasteiger partial charge in [-0.3, -0.25) is 0 Å². The van der Waals surface area contributed by atoms with Gasteiger partial charge in [0.05, 0.1) is 10.2 Å². The van der Waals surface area contributed by atoms with Crippen LogP contribution in [0.4, 0.5) is 11.6 Å². The quantitative estimate of drug-likeness (QED) is 0.880. The Balaban J connectivity index is 2.57. The minimum absolute atomic E-state index is 0.417. The number of nitrogens with one attached hydrogen (secondary N) is 1. The Morgan fingerprint density at radius 3 is 2.43 bits per heavy atom. The molecule has 2 aromatic rings. The van der Waals surface area contributed by atoms with Crippen molar-refractivity contribution >= 4 is 27.6 Å². The molecule has 0 radical (unpaired) electrons. The minimum atomic E-state index is 0.417. The molecule has 6 nitrogen and oxygen atoms in total. The summed E-state index contributed by atoms with van der Waals surface area (Å²) in [6, 6.07) is 1.72. The lowest BCUT2D eigenvalue weighted by atomic mass is 10.1. The molecule has 3 N–H and O–H groups in total. The van der Waals surface area contributed by atoms with E-state index in [4.69, 9.17) is 5.73 Å². The van der Waals surface area contributed by atoms with Crippen LogP contribution in [-0.2, 0) is 6.42 Å². The molecule has 0 aromatic carbocycles. The van der Waals surface area contributed by atoms with Crippen molar-refractivity contribution in [1.82, 2.24) is 19.9 Å². The highest BCUT2D eigenvalue weighted by atomic mass is 79.9. The maximum absolute atomic E-state index is 5.78. The lowest BCUT2D eigenvalue weighted by Gasteiger charge is -2.12. The summed E-state index contributed by atoms with van der Waals surface area (Å²) in [5.41, 5.74) is 7.51. The van der Waals surface area contributed by atoms with Crippen molar-refractivity contribution in [3.63, 3.8) is 0 Å². The summed E-state index contributed by atoms with van der Waals surface area (Å²) >= 11 is 3.55. The molecule has 0 saturated carbocycles. The van der Waals surface area contributed by atoms with Gasteiger partial charge in [-0.15, -0.1) is 0 Å². The number of halogens is 1. The van der Waals surface area contributed by atoms with Crippen molar-refractivity contribution in [1.29, 1.82) is 0 Å². The van der Waals surface area contributed by atoms with E-state index >= 15 is 0 Å². The second-order valence-electron chi connectivity index (χ2n) is 5.26. The van der Waals surface area contributed by atoms with E-state index in [0.29, 0.717) is 23.4 Å². The zero-order valence-electron chi connectivity index (χ0n) is 12.6. The number of aromatic nitrogens is 4. The zero-order chi connectivity index (χ0) is 15.6. The van der Waals surface area contributed by atoms with E-state index in [9.17, 15) is 0 Å². The second kappa shape index (κ2) is 6.34. The van der Waals surface area contributed by atoms with Gasteiger partial charge in [0.25, 0.3) is 0 Å². The Bertz CT molecular complexity index is 636. The monoisotopic (exact) mass is 350 g/mol. The number of anilines is 2. The number of nitrogens with zero attached hydrogens (tertiary/aromatic N) is 4. The molecule has 2 aromatic heterocycles. The molecule has 0 bridgehead atoms. The topological polar surface area (TPSA) is 89.6 Å². The van der Waals surface area contributed by atoms with Crippen molar-refractivity contribution < 1.29 is 0 Å². The highest BCUT2D eigenvalue weighted by Crippen LogP contribution is 2.27. The summed E-state index contributed by atoms with van der Waals surface area (Å²) in [5, 5.41) is 3.06. The fraction of sp³-hybridized carbons (Fsp3) is 0.429. The lowest BCUT2D eigenvalue weighted by molar-refractivity contribution is 0.632. The van der Waals surface area contributed by atoms with Gasteiger partial charge in [0.1, 0.15) is 11.6 Å². The summed E-state index contributed by atoms with van der Waals surface area (Å²) in [6.07, 6.45) is 0.839. The fourth-order valence-electron chi connectivity index (χ4n) is 1.97. The Morgan fingerprint density at radius 2 is 1.86 bits per heavy atom. The van der Waals surface area contributed by atoms with Gasteiger partial charge in [-0.1, -0.05) is 13.8 Å². The third-order valence-corrected chi connectivity index (χ3v) is 3.67. The van der Waals surface area contributed by atoms with Gasteiger partial charge in [0.2, 0.25) is 0 Å². The molecule has 0 aliphatic carbocycles. The van der Waals surface area contributed by atoms with Gasteiger partial charge in [-0.2, -0.15) is 0 Å². The Hall–Kier alpha value is -1.76. The summed E-state index contributed by atoms with van der Waals surface area (Å²) in [4.78, 5) is 17.7. The van der Waals surface area contributed by atoms with Crippen LogP contribution in [0.2, 0.25) is 0 Å². The Morgan fingerprint density at radius 1 is 1.19 bits per heavy atom. The lowest BCUT2D eigenvalue weighted by Crippen LogP contribution is -2.08. The van der Waals surface area contributed by atoms with Gasteiger partial charge in [0, 0.05) is 18.8 Å². The van der Waals surface area contributed by atoms with E-state index in [1.165, 1.54) is 0 Å². The van der Waals surface area contributed by atoms with Gasteiger partial charge in [-0.25, -0.2) is 19.9 Å². The molecule has 0 atom stereocenters. The number of hydrogen-bond acceptors (Lipinski definition) is 6. The average molecular weight is 351 g/mol. The molecule has 0 spiro atoms. The van der Waals surface area contributed by atoms with Crippen LogP contribution in [0.25, 0.3) is 11.6 Å². The van der Waals surface area contributed by atoms with Gasteiger partial charge in [-0.05, 0) is 35.2 Å². The standard InChI is InChI=1S/C14H19BrN6/c1-7(2)5-9-11(15)12(17-4)21-14(19-9)13-18-8(3)6-10(16)20-13/h6-7H,5H2,1-4H3,(H2,16,18,20)(H,17,19,21). The van der Waals surface area contributed by atoms with Crippen LogP contribution in [0.15, 0.2) is 10.5 Å². The normalized spacial score (nSPS) is 11.0. The fourth-order valence-corrected chi connectivity index (χ4v) is 2.51. The Labute approximate surface area is 132 Å². The number of rotatable bonds is 4. The molecule has 0 saturated heterocycles. The third kappa shape index (κ3) is 3.66. The molecule has 0 fully saturated rings. The summed E-state index contributed by atoms with van der Waals surface area (Å²) < 4.78 is 0.878. The predicted molar refractivity (Wildman–Crippen MR) is 88.0 cm³/mol. The van der Waals surface area contributed by atoms with Crippen molar-refractivity contribution in [3.05, 3.63) is 21.9 Å². The first kappa shape index (κ1) is 15.6. The highest BCUT2D eigenvalue weighted by molar-refractivity contribution is 9.10. The van der Waals surface area contributed by atoms with Gasteiger partial charge >= 0.3 is 0 Å². The molecule has 21 heavy (non-hydrogen) atoms. The second-order valence-corrected chi connectivity index (χ2v) is 6.06. The van der Waals surface area contributed by atoms with E-state index < -0.39 is 0 Å². The molecule has 0 aliphatic rings. The van der Waals surface area contributed by atoms with Crippen molar-refractivity contribution in [2.75, 3.05) is 18.1 Å². The zero-order valence-corrected chi connectivity index (χ0v) is 14.2. The predicted octanol–water partition coefficient (Wildman–Crippen LogP) is 2.83. The highest BCUT2D eigenvalue weighted by Gasteiger charge is 2.16. The summed E-state index contributed by atoms with van der Waals surface area (Å²) in [7, 11) is 1.82. The molecule has 2 rings (SSSR count). The molecular formula is C14H19BrN6. The largest absolute Gasteiger partial charge is 0.384 e. The summed E-state index contributed by atoms with van der Waals surface area (Å²) in [6.45, 7) is 6.16. The van der Waals surface area contributed by atoms with Crippen LogP contribution in [0.1, 0.15) is 25.2 Å². The number of hydrogen-bond donors (Lipinski definition) is 2. The van der Waals surface area contributed by atoms with Crippen molar-refractivity contribution in [2.24, 2.45) is 5.92 Å². The molecule has 112 valence electrons.